The largest absolute Gasteiger partial charge is 0.349 e. The first-order valence-electron chi connectivity index (χ1n) is 8.56. The third kappa shape index (κ3) is 4.86. The number of hydrogen-bond donors (Lipinski definition) is 1. The smallest absolute Gasteiger partial charge is 0.255 e. The van der Waals surface area contributed by atoms with E-state index < -0.39 is 13.0 Å². The number of benzene rings is 1. The summed E-state index contributed by atoms with van der Waals surface area (Å²) in [6.07, 6.45) is 0.209. The molecular weight excluding hydrogens is 342 g/mol. The summed E-state index contributed by atoms with van der Waals surface area (Å²) >= 11 is 1.70. The van der Waals surface area contributed by atoms with Crippen LogP contribution in [0.15, 0.2) is 41.8 Å². The number of alkyl halides is 2. The molecule has 0 saturated carbocycles. The van der Waals surface area contributed by atoms with E-state index in [0.29, 0.717) is 6.54 Å². The Hall–Kier alpha value is -1.79. The first-order chi connectivity index (χ1) is 12.1. The lowest BCUT2D eigenvalue weighted by molar-refractivity contribution is -0.128. The molecule has 3 rings (SSSR count). The van der Waals surface area contributed by atoms with Crippen molar-refractivity contribution in [3.63, 3.8) is 0 Å². The van der Waals surface area contributed by atoms with Crippen molar-refractivity contribution < 1.29 is 13.6 Å². The van der Waals surface area contributed by atoms with Gasteiger partial charge >= 0.3 is 0 Å². The zero-order valence-electron chi connectivity index (χ0n) is 14.0. The van der Waals surface area contributed by atoms with Crippen molar-refractivity contribution in [2.24, 2.45) is 0 Å². The fourth-order valence-corrected chi connectivity index (χ4v) is 3.96. The number of hydrogen-bond acceptors (Lipinski definition) is 3. The summed E-state index contributed by atoms with van der Waals surface area (Å²) in [5, 5.41) is 4.42. The van der Waals surface area contributed by atoms with E-state index in [2.05, 4.69) is 45.9 Å². The second-order valence-electron chi connectivity index (χ2n) is 6.29. The first-order valence-corrected chi connectivity index (χ1v) is 9.44. The van der Waals surface area contributed by atoms with E-state index in [1.54, 1.807) is 11.3 Å². The summed E-state index contributed by atoms with van der Waals surface area (Å²) in [5.41, 5.74) is 2.32. The van der Waals surface area contributed by atoms with Gasteiger partial charge in [-0.15, -0.1) is 11.3 Å². The molecule has 2 aromatic rings. The Morgan fingerprint density at radius 3 is 2.72 bits per heavy atom. The molecule has 1 amide bonds. The van der Waals surface area contributed by atoms with Crippen LogP contribution in [0.25, 0.3) is 10.4 Å². The summed E-state index contributed by atoms with van der Waals surface area (Å²) in [7, 11) is 0. The molecular formula is C19H22F2N2OS. The van der Waals surface area contributed by atoms with Crippen LogP contribution in [-0.4, -0.2) is 36.4 Å². The van der Waals surface area contributed by atoms with Gasteiger partial charge in [0.05, 0.1) is 12.6 Å². The van der Waals surface area contributed by atoms with E-state index in [1.165, 1.54) is 10.4 Å². The zero-order chi connectivity index (χ0) is 17.6. The van der Waals surface area contributed by atoms with E-state index >= 15 is 0 Å². The van der Waals surface area contributed by atoms with Crippen molar-refractivity contribution in [3.8, 4) is 10.4 Å². The van der Waals surface area contributed by atoms with E-state index in [1.807, 2.05) is 6.07 Å². The standard InChI is InChI=1S/C19H22F2N2OS/c20-18(21)12-22-19(24)16-4-1-2-10-23(16)13-14-6-8-15(9-7-14)17-5-3-11-25-17/h3,5-9,11,16,18H,1-2,4,10,12-13H2,(H,22,24). The third-order valence-corrected chi connectivity index (χ3v) is 5.41. The van der Waals surface area contributed by atoms with Crippen LogP contribution in [0.4, 0.5) is 8.78 Å². The minimum atomic E-state index is -2.51. The molecule has 0 spiro atoms. The molecule has 1 aromatic heterocycles. The van der Waals surface area contributed by atoms with Crippen molar-refractivity contribution in [1.29, 1.82) is 0 Å². The van der Waals surface area contributed by atoms with Gasteiger partial charge in [0.2, 0.25) is 5.91 Å². The molecule has 1 aliphatic rings. The highest BCUT2D eigenvalue weighted by atomic mass is 32.1. The second kappa shape index (κ2) is 8.54. The normalized spacial score (nSPS) is 18.4. The van der Waals surface area contributed by atoms with Gasteiger partial charge in [0.25, 0.3) is 6.43 Å². The minimum Gasteiger partial charge on any atom is -0.349 e. The Morgan fingerprint density at radius 2 is 2.04 bits per heavy atom. The fourth-order valence-electron chi connectivity index (χ4n) is 3.22. The summed E-state index contributed by atoms with van der Waals surface area (Å²) in [6.45, 7) is 0.912. The monoisotopic (exact) mass is 364 g/mol. The molecule has 25 heavy (non-hydrogen) atoms. The lowest BCUT2D eigenvalue weighted by Gasteiger charge is -2.34. The van der Waals surface area contributed by atoms with Crippen molar-refractivity contribution in [2.75, 3.05) is 13.1 Å². The van der Waals surface area contributed by atoms with Gasteiger partial charge in [0.1, 0.15) is 0 Å². The fraction of sp³-hybridized carbons (Fsp3) is 0.421. The van der Waals surface area contributed by atoms with Gasteiger partial charge in [-0.3, -0.25) is 9.69 Å². The van der Waals surface area contributed by atoms with Crippen LogP contribution in [0, 0.1) is 0 Å². The van der Waals surface area contributed by atoms with E-state index in [0.717, 1.165) is 31.4 Å². The number of thiophene rings is 1. The predicted octanol–water partition coefficient (Wildman–Crippen LogP) is 4.15. The van der Waals surface area contributed by atoms with Crippen molar-refractivity contribution >= 4 is 17.2 Å². The SMILES string of the molecule is O=C(NCC(F)F)C1CCCCN1Cc1ccc(-c2cccs2)cc1. The molecule has 2 heterocycles. The zero-order valence-corrected chi connectivity index (χ0v) is 14.8. The number of halogens is 2. The van der Waals surface area contributed by atoms with Gasteiger partial charge in [-0.05, 0) is 42.0 Å². The topological polar surface area (TPSA) is 32.3 Å². The number of rotatable bonds is 6. The molecule has 3 nitrogen and oxygen atoms in total. The van der Waals surface area contributed by atoms with Gasteiger partial charge in [0.15, 0.2) is 0 Å². The molecule has 0 bridgehead atoms. The summed E-state index contributed by atoms with van der Waals surface area (Å²) in [6, 6.07) is 12.2. The number of likely N-dealkylation sites (tertiary alicyclic amines) is 1. The van der Waals surface area contributed by atoms with Crippen LogP contribution in [0.5, 0.6) is 0 Å². The highest BCUT2D eigenvalue weighted by molar-refractivity contribution is 7.13. The maximum Gasteiger partial charge on any atom is 0.255 e. The molecule has 6 heteroatoms. The molecule has 1 N–H and O–H groups in total. The predicted molar refractivity (Wildman–Crippen MR) is 96.8 cm³/mol. The molecule has 0 radical (unpaired) electrons. The van der Waals surface area contributed by atoms with Crippen LogP contribution >= 0.6 is 11.3 Å². The van der Waals surface area contributed by atoms with Crippen LogP contribution in [0.2, 0.25) is 0 Å². The Labute approximate surface area is 150 Å². The average molecular weight is 364 g/mol. The molecule has 134 valence electrons. The maximum atomic E-state index is 12.3. The minimum absolute atomic E-state index is 0.282. The number of nitrogens with one attached hydrogen (secondary N) is 1. The number of piperidine rings is 1. The van der Waals surface area contributed by atoms with Crippen LogP contribution in [0.3, 0.4) is 0 Å². The highest BCUT2D eigenvalue weighted by Crippen LogP contribution is 2.26. The Balaban J connectivity index is 1.64. The first kappa shape index (κ1) is 18.0. The highest BCUT2D eigenvalue weighted by Gasteiger charge is 2.28. The van der Waals surface area contributed by atoms with Crippen LogP contribution in [0.1, 0.15) is 24.8 Å². The molecule has 1 aromatic carbocycles. The summed E-state index contributed by atoms with van der Waals surface area (Å²) < 4.78 is 24.7. The van der Waals surface area contributed by atoms with Crippen LogP contribution < -0.4 is 5.32 Å². The maximum absolute atomic E-state index is 12.3. The van der Waals surface area contributed by atoms with Crippen molar-refractivity contribution in [1.82, 2.24) is 10.2 Å². The molecule has 1 unspecified atom stereocenters. The average Bonchev–Trinajstić information content (AvgIpc) is 3.15. The number of carbonyl (C=O) groups excluding carboxylic acids is 1. The summed E-state index contributed by atoms with van der Waals surface area (Å²) in [5.74, 6) is -0.282. The molecule has 1 atom stereocenters. The molecule has 0 aliphatic carbocycles. The molecule has 1 aliphatic heterocycles. The van der Waals surface area contributed by atoms with E-state index in [4.69, 9.17) is 0 Å². The van der Waals surface area contributed by atoms with Gasteiger partial charge in [-0.2, -0.15) is 0 Å². The van der Waals surface area contributed by atoms with Crippen LogP contribution in [-0.2, 0) is 11.3 Å². The Bertz CT molecular complexity index is 673. The Morgan fingerprint density at radius 1 is 1.24 bits per heavy atom. The van der Waals surface area contributed by atoms with E-state index in [9.17, 15) is 13.6 Å². The van der Waals surface area contributed by atoms with Gasteiger partial charge in [0, 0.05) is 11.4 Å². The third-order valence-electron chi connectivity index (χ3n) is 4.49. The second-order valence-corrected chi connectivity index (χ2v) is 7.24. The van der Waals surface area contributed by atoms with Gasteiger partial charge < -0.3 is 5.32 Å². The number of carbonyl (C=O) groups is 1. The van der Waals surface area contributed by atoms with Gasteiger partial charge in [-0.1, -0.05) is 36.8 Å². The summed E-state index contributed by atoms with van der Waals surface area (Å²) in [4.78, 5) is 15.6. The lowest BCUT2D eigenvalue weighted by Crippen LogP contribution is -2.49. The number of nitrogens with zero attached hydrogens (tertiary/aromatic N) is 1. The quantitative estimate of drug-likeness (QED) is 0.835. The Kier molecular flexibility index (Phi) is 6.15. The van der Waals surface area contributed by atoms with Crippen molar-refractivity contribution in [3.05, 3.63) is 47.3 Å². The van der Waals surface area contributed by atoms with Crippen molar-refractivity contribution in [2.45, 2.75) is 38.3 Å². The molecule has 1 saturated heterocycles. The number of amides is 1. The van der Waals surface area contributed by atoms with E-state index in [-0.39, 0.29) is 11.9 Å². The molecule has 1 fully saturated rings. The lowest BCUT2D eigenvalue weighted by atomic mass is 10.00. The van der Waals surface area contributed by atoms with Gasteiger partial charge in [-0.25, -0.2) is 8.78 Å².